The van der Waals surface area contributed by atoms with Crippen molar-refractivity contribution in [1.29, 1.82) is 0 Å². The van der Waals surface area contributed by atoms with Crippen molar-refractivity contribution < 1.29 is 9.18 Å². The average molecular weight is 463 g/mol. The van der Waals surface area contributed by atoms with E-state index in [4.69, 9.17) is 0 Å². The van der Waals surface area contributed by atoms with Gasteiger partial charge in [-0.25, -0.2) is 4.39 Å². The molecule has 0 aromatic heterocycles. The topological polar surface area (TPSA) is 41.1 Å². The molecule has 150 valence electrons. The molecule has 5 heteroatoms. The molecular formula is C25H20BrFN2O. The van der Waals surface area contributed by atoms with E-state index in [1.807, 2.05) is 42.5 Å². The van der Waals surface area contributed by atoms with Gasteiger partial charge in [-0.05, 0) is 63.7 Å². The van der Waals surface area contributed by atoms with Crippen LogP contribution < -0.4 is 10.6 Å². The number of benzene rings is 3. The number of hydrogen-bond donors (Lipinski definition) is 2. The van der Waals surface area contributed by atoms with Crippen LogP contribution in [0.15, 0.2) is 88.5 Å². The maximum Gasteiger partial charge on any atom is 0.163 e. The van der Waals surface area contributed by atoms with Gasteiger partial charge in [-0.2, -0.15) is 0 Å². The lowest BCUT2D eigenvalue weighted by Crippen LogP contribution is -2.26. The summed E-state index contributed by atoms with van der Waals surface area (Å²) in [5.41, 5.74) is 5.54. The number of carbonyl (C=O) groups is 1. The molecule has 0 radical (unpaired) electrons. The molecule has 2 atom stereocenters. The fourth-order valence-electron chi connectivity index (χ4n) is 4.40. The molecule has 0 bridgehead atoms. The highest BCUT2D eigenvalue weighted by molar-refractivity contribution is 9.10. The third kappa shape index (κ3) is 3.43. The van der Waals surface area contributed by atoms with E-state index in [9.17, 15) is 9.18 Å². The molecule has 1 aliphatic heterocycles. The van der Waals surface area contributed by atoms with Gasteiger partial charge in [0.1, 0.15) is 5.82 Å². The number of hydrogen-bond acceptors (Lipinski definition) is 3. The molecule has 5 rings (SSSR count). The number of para-hydroxylation sites is 2. The third-order valence-corrected chi connectivity index (χ3v) is 6.46. The Morgan fingerprint density at radius 3 is 2.37 bits per heavy atom. The van der Waals surface area contributed by atoms with Crippen molar-refractivity contribution in [2.24, 2.45) is 0 Å². The van der Waals surface area contributed by atoms with E-state index in [1.165, 1.54) is 11.6 Å². The Kier molecular flexibility index (Phi) is 4.91. The highest BCUT2D eigenvalue weighted by Crippen LogP contribution is 2.44. The minimum absolute atomic E-state index is 0.114. The van der Waals surface area contributed by atoms with Gasteiger partial charge in [0.05, 0.1) is 21.9 Å². The fourth-order valence-corrected chi connectivity index (χ4v) is 4.79. The summed E-state index contributed by atoms with van der Waals surface area (Å²) in [7, 11) is 0. The summed E-state index contributed by atoms with van der Waals surface area (Å²) in [5.74, 6) is -0.0709. The van der Waals surface area contributed by atoms with E-state index in [2.05, 4.69) is 38.7 Å². The van der Waals surface area contributed by atoms with E-state index >= 15 is 0 Å². The first-order valence-corrected chi connectivity index (χ1v) is 10.8. The molecular weight excluding hydrogens is 443 g/mol. The van der Waals surface area contributed by atoms with Crippen LogP contribution in [0.2, 0.25) is 0 Å². The summed E-state index contributed by atoms with van der Waals surface area (Å²) in [5, 5.41) is 7.05. The Balaban J connectivity index is 1.63. The second-order valence-electron chi connectivity index (χ2n) is 7.75. The number of halogens is 2. The minimum atomic E-state index is -0.350. The van der Waals surface area contributed by atoms with Crippen LogP contribution in [0.4, 0.5) is 15.8 Å². The number of carbonyl (C=O) groups excluding carboxylic acids is 1. The lowest BCUT2D eigenvalue weighted by molar-refractivity contribution is -0.116. The predicted molar refractivity (Wildman–Crippen MR) is 121 cm³/mol. The summed E-state index contributed by atoms with van der Waals surface area (Å²) in [6.07, 6.45) is 1.21. The van der Waals surface area contributed by atoms with Crippen LogP contribution in [-0.2, 0) is 4.79 Å². The first kappa shape index (κ1) is 19.1. The van der Waals surface area contributed by atoms with E-state index < -0.39 is 0 Å². The largest absolute Gasteiger partial charge is 0.372 e. The first-order chi connectivity index (χ1) is 14.6. The zero-order valence-electron chi connectivity index (χ0n) is 16.2. The number of allylic oxidation sites excluding steroid dienone is 1. The normalized spacial score (nSPS) is 20.5. The third-order valence-electron chi connectivity index (χ3n) is 5.86. The number of nitrogens with one attached hydrogen (secondary N) is 2. The zero-order valence-corrected chi connectivity index (χ0v) is 17.7. The molecule has 0 spiro atoms. The summed E-state index contributed by atoms with van der Waals surface area (Å²) < 4.78 is 14.3. The maximum absolute atomic E-state index is 13.9. The van der Waals surface area contributed by atoms with Crippen molar-refractivity contribution in [3.63, 3.8) is 0 Å². The first-order valence-electron chi connectivity index (χ1n) is 9.99. The highest BCUT2D eigenvalue weighted by atomic mass is 79.9. The Hall–Kier alpha value is -2.92. The van der Waals surface area contributed by atoms with Crippen LogP contribution in [-0.4, -0.2) is 5.78 Å². The molecule has 0 unspecified atom stereocenters. The van der Waals surface area contributed by atoms with Crippen LogP contribution in [0, 0.1) is 5.82 Å². The standard InChI is InChI=1S/C25H20BrFN2O/c26-18-12-16(10-11-19(18)27)25-24-22(28-20-8-4-5-9-21(20)29-25)13-17(14-23(24)30)15-6-2-1-3-7-15/h1-12,17,25,28-29H,13-14H2/t17-,25+/m0/s1. The van der Waals surface area contributed by atoms with Crippen LogP contribution in [0.5, 0.6) is 0 Å². The van der Waals surface area contributed by atoms with Gasteiger partial charge in [-0.3, -0.25) is 4.79 Å². The quantitative estimate of drug-likeness (QED) is 0.452. The second kappa shape index (κ2) is 7.73. The Morgan fingerprint density at radius 2 is 1.60 bits per heavy atom. The van der Waals surface area contributed by atoms with Crippen LogP contribution in [0.25, 0.3) is 0 Å². The number of fused-ring (bicyclic) bond motifs is 1. The van der Waals surface area contributed by atoms with Crippen molar-refractivity contribution in [2.45, 2.75) is 24.8 Å². The lowest BCUT2D eigenvalue weighted by Gasteiger charge is -2.30. The second-order valence-corrected chi connectivity index (χ2v) is 8.61. The molecule has 3 nitrogen and oxygen atoms in total. The number of anilines is 2. The Bertz CT molecular complexity index is 1160. The molecule has 0 amide bonds. The molecule has 1 aliphatic carbocycles. The molecule has 0 fully saturated rings. The molecule has 3 aromatic carbocycles. The van der Waals surface area contributed by atoms with E-state index in [0.717, 1.165) is 34.6 Å². The maximum atomic E-state index is 13.9. The molecule has 2 aliphatic rings. The van der Waals surface area contributed by atoms with Gasteiger partial charge in [0.15, 0.2) is 5.78 Å². The van der Waals surface area contributed by atoms with Crippen LogP contribution >= 0.6 is 15.9 Å². The molecule has 3 aromatic rings. The minimum Gasteiger partial charge on any atom is -0.372 e. The molecule has 0 saturated heterocycles. The Morgan fingerprint density at radius 1 is 0.867 bits per heavy atom. The van der Waals surface area contributed by atoms with Gasteiger partial charge in [-0.1, -0.05) is 48.5 Å². The Labute approximate surface area is 183 Å². The lowest BCUT2D eigenvalue weighted by atomic mass is 9.78. The van der Waals surface area contributed by atoms with Crippen LogP contribution in [0.3, 0.4) is 0 Å². The van der Waals surface area contributed by atoms with Gasteiger partial charge in [0, 0.05) is 17.7 Å². The SMILES string of the molecule is O=C1C[C@@H](c2ccccc2)CC2=C1[C@@H](c1ccc(F)c(Br)c1)Nc1ccccc1N2. The van der Waals surface area contributed by atoms with Crippen molar-refractivity contribution >= 4 is 33.1 Å². The van der Waals surface area contributed by atoms with Gasteiger partial charge in [-0.15, -0.1) is 0 Å². The van der Waals surface area contributed by atoms with E-state index in [0.29, 0.717) is 10.9 Å². The summed E-state index contributed by atoms with van der Waals surface area (Å²) in [4.78, 5) is 13.4. The van der Waals surface area contributed by atoms with E-state index in [1.54, 1.807) is 12.1 Å². The molecule has 30 heavy (non-hydrogen) atoms. The number of Topliss-reactive ketones (excluding diaryl/α,β-unsaturated/α-hetero) is 1. The summed E-state index contributed by atoms with van der Waals surface area (Å²) in [6, 6.07) is 22.7. The van der Waals surface area contributed by atoms with E-state index in [-0.39, 0.29) is 23.6 Å². The van der Waals surface area contributed by atoms with Crippen molar-refractivity contribution in [3.8, 4) is 0 Å². The van der Waals surface area contributed by atoms with Gasteiger partial charge >= 0.3 is 0 Å². The molecule has 1 heterocycles. The average Bonchev–Trinajstić information content (AvgIpc) is 2.93. The summed E-state index contributed by atoms with van der Waals surface area (Å²) in [6.45, 7) is 0. The predicted octanol–water partition coefficient (Wildman–Crippen LogP) is 6.57. The number of ketones is 1. The molecule has 2 N–H and O–H groups in total. The zero-order chi connectivity index (χ0) is 20.7. The highest BCUT2D eigenvalue weighted by Gasteiger charge is 2.36. The summed E-state index contributed by atoms with van der Waals surface area (Å²) >= 11 is 3.29. The monoisotopic (exact) mass is 462 g/mol. The van der Waals surface area contributed by atoms with Gasteiger partial charge < -0.3 is 10.6 Å². The fraction of sp³-hybridized carbons (Fsp3) is 0.160. The smallest absolute Gasteiger partial charge is 0.163 e. The van der Waals surface area contributed by atoms with Gasteiger partial charge in [0.25, 0.3) is 0 Å². The molecule has 0 saturated carbocycles. The van der Waals surface area contributed by atoms with Crippen molar-refractivity contribution in [3.05, 3.63) is 105 Å². The van der Waals surface area contributed by atoms with Gasteiger partial charge in [0.2, 0.25) is 0 Å². The number of rotatable bonds is 2. The van der Waals surface area contributed by atoms with Crippen molar-refractivity contribution in [2.75, 3.05) is 10.6 Å². The van der Waals surface area contributed by atoms with Crippen molar-refractivity contribution in [1.82, 2.24) is 0 Å². The van der Waals surface area contributed by atoms with Crippen LogP contribution in [0.1, 0.15) is 35.9 Å².